The van der Waals surface area contributed by atoms with Crippen molar-refractivity contribution >= 4 is 11.8 Å². The summed E-state index contributed by atoms with van der Waals surface area (Å²) >= 11 is 0.576. The second-order valence-corrected chi connectivity index (χ2v) is 6.25. The van der Waals surface area contributed by atoms with Crippen molar-refractivity contribution in [3.63, 3.8) is 0 Å². The molecule has 1 aliphatic carbocycles. The lowest BCUT2D eigenvalue weighted by atomic mass is 9.76. The number of thioether (sulfide) groups is 1. The maximum Gasteiger partial charge on any atom is 0.288 e. The Morgan fingerprint density at radius 3 is 2.18 bits per heavy atom. The van der Waals surface area contributed by atoms with Gasteiger partial charge in [-0.3, -0.25) is 0 Å². The minimum absolute atomic E-state index is 0.0962. The molecule has 4 heteroatoms. The number of halogens is 2. The fourth-order valence-electron chi connectivity index (χ4n) is 2.10. The summed E-state index contributed by atoms with van der Waals surface area (Å²) < 4.78 is 24.4. The summed E-state index contributed by atoms with van der Waals surface area (Å²) in [6.07, 6.45) is 2.07. The lowest BCUT2D eigenvalue weighted by Gasteiger charge is -2.32. The number of alkyl halides is 2. The molecule has 1 aromatic carbocycles. The molecule has 0 spiro atoms. The fourth-order valence-corrected chi connectivity index (χ4v) is 2.60. The molecule has 0 radical (unpaired) electrons. The van der Waals surface area contributed by atoms with E-state index in [-0.39, 0.29) is 11.0 Å². The van der Waals surface area contributed by atoms with Crippen LogP contribution in [0.3, 0.4) is 0 Å². The van der Waals surface area contributed by atoms with Gasteiger partial charge in [0.05, 0.1) is 0 Å². The molecule has 0 amide bonds. The van der Waals surface area contributed by atoms with Gasteiger partial charge in [-0.05, 0) is 30.5 Å². The third-order valence-corrected chi connectivity index (χ3v) is 4.56. The zero-order valence-corrected chi connectivity index (χ0v) is 10.9. The molecule has 1 aromatic rings. The first kappa shape index (κ1) is 12.8. The Labute approximate surface area is 105 Å². The zero-order valence-electron chi connectivity index (χ0n) is 10.0. The summed E-state index contributed by atoms with van der Waals surface area (Å²) in [6.45, 7) is 4.24. The van der Waals surface area contributed by atoms with Gasteiger partial charge in [-0.1, -0.05) is 37.7 Å². The van der Waals surface area contributed by atoms with E-state index in [4.69, 9.17) is 5.73 Å². The molecule has 0 bridgehead atoms. The number of benzene rings is 1. The van der Waals surface area contributed by atoms with Gasteiger partial charge in [-0.15, -0.1) is 0 Å². The van der Waals surface area contributed by atoms with Crippen LogP contribution in [0.25, 0.3) is 0 Å². The van der Waals surface area contributed by atoms with Gasteiger partial charge in [-0.2, -0.15) is 8.78 Å². The van der Waals surface area contributed by atoms with Crippen LogP contribution in [0.1, 0.15) is 32.3 Å². The van der Waals surface area contributed by atoms with Crippen molar-refractivity contribution < 1.29 is 8.78 Å². The standard InChI is InChI=1S/C13H17F2NS/c1-12(2,13(16)7-8-13)9-3-5-10(6-4-9)17-11(14)15/h3-6,11H,7-8,16H2,1-2H3. The summed E-state index contributed by atoms with van der Waals surface area (Å²) in [5, 5.41) is 0. The lowest BCUT2D eigenvalue weighted by Crippen LogP contribution is -2.43. The van der Waals surface area contributed by atoms with Crippen LogP contribution in [0.15, 0.2) is 29.2 Å². The molecule has 1 fully saturated rings. The van der Waals surface area contributed by atoms with E-state index in [0.29, 0.717) is 16.7 Å². The first-order valence-electron chi connectivity index (χ1n) is 5.69. The number of hydrogen-bond acceptors (Lipinski definition) is 2. The lowest BCUT2D eigenvalue weighted by molar-refractivity contribution is 0.252. The molecule has 0 aromatic heterocycles. The SMILES string of the molecule is CC(C)(c1ccc(SC(F)F)cc1)C1(N)CC1. The Bertz CT molecular complexity index is 396. The summed E-state index contributed by atoms with van der Waals surface area (Å²) in [4.78, 5) is 0.599. The number of nitrogens with two attached hydrogens (primary N) is 1. The molecule has 94 valence electrons. The molecular formula is C13H17F2NS. The number of rotatable bonds is 4. The maximum absolute atomic E-state index is 12.2. The van der Waals surface area contributed by atoms with E-state index in [2.05, 4.69) is 13.8 Å². The van der Waals surface area contributed by atoms with E-state index < -0.39 is 5.76 Å². The van der Waals surface area contributed by atoms with Crippen LogP contribution >= 0.6 is 11.8 Å². The normalized spacial score (nSPS) is 18.5. The van der Waals surface area contributed by atoms with Gasteiger partial charge in [0, 0.05) is 15.8 Å². The van der Waals surface area contributed by atoms with Crippen molar-refractivity contribution in [2.75, 3.05) is 0 Å². The monoisotopic (exact) mass is 257 g/mol. The van der Waals surface area contributed by atoms with Crippen molar-refractivity contribution in [1.82, 2.24) is 0 Å². The van der Waals surface area contributed by atoms with Crippen LogP contribution < -0.4 is 5.73 Å². The van der Waals surface area contributed by atoms with Crippen LogP contribution in [-0.2, 0) is 5.41 Å². The molecule has 1 nitrogen and oxygen atoms in total. The molecule has 0 unspecified atom stereocenters. The Morgan fingerprint density at radius 1 is 1.24 bits per heavy atom. The Morgan fingerprint density at radius 2 is 1.76 bits per heavy atom. The Hall–Kier alpha value is -0.610. The Kier molecular flexibility index (Phi) is 3.21. The second kappa shape index (κ2) is 4.25. The Balaban J connectivity index is 2.18. The molecule has 0 aliphatic heterocycles. The molecule has 0 saturated heterocycles. The molecular weight excluding hydrogens is 240 g/mol. The van der Waals surface area contributed by atoms with E-state index in [9.17, 15) is 8.78 Å². The van der Waals surface area contributed by atoms with E-state index in [1.165, 1.54) is 0 Å². The van der Waals surface area contributed by atoms with Crippen LogP contribution in [0, 0.1) is 0 Å². The largest absolute Gasteiger partial charge is 0.324 e. The van der Waals surface area contributed by atoms with Gasteiger partial charge in [0.25, 0.3) is 5.76 Å². The van der Waals surface area contributed by atoms with Gasteiger partial charge in [0.15, 0.2) is 0 Å². The molecule has 2 N–H and O–H groups in total. The highest BCUT2D eigenvalue weighted by Gasteiger charge is 2.51. The van der Waals surface area contributed by atoms with Gasteiger partial charge in [0.2, 0.25) is 0 Å². The summed E-state index contributed by atoms with van der Waals surface area (Å²) in [6, 6.07) is 7.33. The van der Waals surface area contributed by atoms with Gasteiger partial charge < -0.3 is 5.73 Å². The summed E-state index contributed by atoms with van der Waals surface area (Å²) in [5.74, 6) is -2.36. The highest BCUT2D eigenvalue weighted by atomic mass is 32.2. The van der Waals surface area contributed by atoms with Crippen LogP contribution in [0.4, 0.5) is 8.78 Å². The van der Waals surface area contributed by atoms with Crippen molar-refractivity contribution in [3.8, 4) is 0 Å². The molecule has 0 atom stereocenters. The van der Waals surface area contributed by atoms with E-state index in [0.717, 1.165) is 18.4 Å². The highest BCUT2D eigenvalue weighted by Crippen LogP contribution is 2.49. The molecule has 2 rings (SSSR count). The van der Waals surface area contributed by atoms with Gasteiger partial charge in [0.1, 0.15) is 0 Å². The van der Waals surface area contributed by atoms with Crippen LogP contribution in [-0.4, -0.2) is 11.3 Å². The minimum Gasteiger partial charge on any atom is -0.324 e. The van der Waals surface area contributed by atoms with Crippen LogP contribution in [0.5, 0.6) is 0 Å². The predicted octanol–water partition coefficient (Wildman–Crippen LogP) is 3.77. The van der Waals surface area contributed by atoms with Crippen molar-refractivity contribution in [2.24, 2.45) is 5.73 Å². The average Bonchev–Trinajstić information content (AvgIpc) is 2.98. The van der Waals surface area contributed by atoms with Gasteiger partial charge >= 0.3 is 0 Å². The topological polar surface area (TPSA) is 26.0 Å². The number of hydrogen-bond donors (Lipinski definition) is 1. The van der Waals surface area contributed by atoms with E-state index >= 15 is 0 Å². The molecule has 1 aliphatic rings. The predicted molar refractivity (Wildman–Crippen MR) is 67.5 cm³/mol. The zero-order chi connectivity index (χ0) is 12.7. The molecule has 0 heterocycles. The first-order valence-corrected chi connectivity index (χ1v) is 6.57. The fraction of sp³-hybridized carbons (Fsp3) is 0.538. The maximum atomic E-state index is 12.2. The summed E-state index contributed by atoms with van der Waals surface area (Å²) in [5.41, 5.74) is 7.15. The third kappa shape index (κ3) is 2.47. The van der Waals surface area contributed by atoms with E-state index in [1.54, 1.807) is 12.1 Å². The van der Waals surface area contributed by atoms with E-state index in [1.807, 2.05) is 12.1 Å². The quantitative estimate of drug-likeness (QED) is 0.831. The van der Waals surface area contributed by atoms with Crippen molar-refractivity contribution in [3.05, 3.63) is 29.8 Å². The molecule has 1 saturated carbocycles. The molecule has 17 heavy (non-hydrogen) atoms. The second-order valence-electron chi connectivity index (χ2n) is 5.18. The smallest absolute Gasteiger partial charge is 0.288 e. The van der Waals surface area contributed by atoms with Crippen molar-refractivity contribution in [1.29, 1.82) is 0 Å². The average molecular weight is 257 g/mol. The van der Waals surface area contributed by atoms with Crippen LogP contribution in [0.2, 0.25) is 0 Å². The first-order chi connectivity index (χ1) is 7.85. The van der Waals surface area contributed by atoms with Gasteiger partial charge in [-0.25, -0.2) is 0 Å². The summed E-state index contributed by atoms with van der Waals surface area (Å²) in [7, 11) is 0. The highest BCUT2D eigenvalue weighted by molar-refractivity contribution is 7.99. The van der Waals surface area contributed by atoms with Crippen molar-refractivity contribution in [2.45, 2.75) is 48.3 Å². The minimum atomic E-state index is -2.36. The third-order valence-electron chi connectivity index (χ3n) is 3.83.